The molecule has 3 aliphatic heterocycles. The van der Waals surface area contributed by atoms with Gasteiger partial charge < -0.3 is 23.8 Å². The van der Waals surface area contributed by atoms with Crippen molar-refractivity contribution in [1.29, 1.82) is 0 Å². The molecule has 1 aliphatic carbocycles. The first-order valence-corrected chi connectivity index (χ1v) is 20.6. The Morgan fingerprint density at radius 1 is 0.847 bits per heavy atom. The summed E-state index contributed by atoms with van der Waals surface area (Å²) in [5.41, 5.74) is 4.86. The standard InChI is InChI=1S/C45H47N7O7/c1-49(30-22-32(23-30)59-41-13-7-28(25-47-41)27-6-9-33-36-26-46-17-14-37(36)50(2)39(33)21-27)29-15-18-51(19-16-29)42(54)5-3-4-20-58-31-8-10-34-35(24-31)45(57)52(44(34)56)38-11-12-40(53)48-43(38)55/h6-10,13-14,17,21,24-26,29-30,32,38H,3-5,11-12,15-16,18-20,22-23H2,1-2H3,(H,48,53,55). The molecule has 1 saturated carbocycles. The summed E-state index contributed by atoms with van der Waals surface area (Å²) in [7, 11) is 4.28. The minimum Gasteiger partial charge on any atom is -0.494 e. The number of aromatic nitrogens is 3. The number of nitrogens with zero attached hydrogens (tertiary/aromatic N) is 6. The van der Waals surface area contributed by atoms with E-state index >= 15 is 0 Å². The van der Waals surface area contributed by atoms with Gasteiger partial charge >= 0.3 is 0 Å². The summed E-state index contributed by atoms with van der Waals surface area (Å²) < 4.78 is 14.3. The molecular formula is C45H47N7O7. The maximum Gasteiger partial charge on any atom is 0.262 e. The van der Waals surface area contributed by atoms with Crippen LogP contribution >= 0.6 is 0 Å². The van der Waals surface area contributed by atoms with Crippen LogP contribution in [0.3, 0.4) is 0 Å². The Labute approximate surface area is 341 Å². The summed E-state index contributed by atoms with van der Waals surface area (Å²) in [6, 6.07) is 17.1. The summed E-state index contributed by atoms with van der Waals surface area (Å²) in [6.45, 7) is 1.85. The Morgan fingerprint density at radius 3 is 2.42 bits per heavy atom. The number of hydrogen-bond donors (Lipinski definition) is 1. The first-order chi connectivity index (χ1) is 28.6. The third kappa shape index (κ3) is 7.41. The SMILES string of the molecule is CN(C1CCN(C(=O)CCCCOc2ccc3c(c2)C(=O)N(C2CCC(=O)NC2=O)C3=O)CC1)C1CC(Oc2ccc(-c3ccc4c5cnccc5n(C)c4c3)cn2)C1. The van der Waals surface area contributed by atoms with Crippen LogP contribution in [0.25, 0.3) is 32.9 Å². The van der Waals surface area contributed by atoms with Crippen molar-refractivity contribution < 1.29 is 33.4 Å². The van der Waals surface area contributed by atoms with E-state index in [4.69, 9.17) is 9.47 Å². The van der Waals surface area contributed by atoms with Crippen molar-refractivity contribution in [3.05, 3.63) is 84.3 Å². The molecule has 2 aromatic carbocycles. The second kappa shape index (κ2) is 15.9. The van der Waals surface area contributed by atoms with Gasteiger partial charge in [0.15, 0.2) is 0 Å². The van der Waals surface area contributed by atoms with Gasteiger partial charge in [-0.15, -0.1) is 0 Å². The fourth-order valence-electron chi connectivity index (χ4n) is 9.08. The summed E-state index contributed by atoms with van der Waals surface area (Å²) in [6.07, 6.45) is 11.5. The Hall–Kier alpha value is -6.15. The van der Waals surface area contributed by atoms with Crippen molar-refractivity contribution in [2.45, 2.75) is 82.0 Å². The molecule has 1 atom stereocenters. The highest BCUT2D eigenvalue weighted by Gasteiger charge is 2.45. The third-order valence-corrected chi connectivity index (χ3v) is 12.7. The van der Waals surface area contributed by atoms with Crippen molar-refractivity contribution in [3.8, 4) is 22.8 Å². The highest BCUT2D eigenvalue weighted by Crippen LogP contribution is 2.35. The van der Waals surface area contributed by atoms with Crippen molar-refractivity contribution in [3.63, 3.8) is 0 Å². The van der Waals surface area contributed by atoms with E-state index in [1.165, 1.54) is 17.5 Å². The number of aryl methyl sites for hydroxylation is 1. The van der Waals surface area contributed by atoms with Gasteiger partial charge in [0.1, 0.15) is 17.9 Å². The molecule has 0 radical (unpaired) electrons. The molecule has 304 valence electrons. The lowest BCUT2D eigenvalue weighted by Gasteiger charge is -2.46. The number of carbonyl (C=O) groups is 5. The molecule has 4 aliphatic rings. The summed E-state index contributed by atoms with van der Waals surface area (Å²) in [5.74, 6) is -0.944. The molecule has 0 spiro atoms. The predicted octanol–water partition coefficient (Wildman–Crippen LogP) is 5.27. The number of nitrogens with one attached hydrogen (secondary N) is 1. The molecule has 3 fully saturated rings. The lowest BCUT2D eigenvalue weighted by atomic mass is 9.86. The summed E-state index contributed by atoms with van der Waals surface area (Å²) in [5, 5.41) is 4.54. The van der Waals surface area contributed by atoms with Crippen molar-refractivity contribution in [2.24, 2.45) is 7.05 Å². The number of benzene rings is 2. The molecule has 59 heavy (non-hydrogen) atoms. The number of rotatable bonds is 12. The predicted molar refractivity (Wildman–Crippen MR) is 219 cm³/mol. The third-order valence-electron chi connectivity index (χ3n) is 12.7. The van der Waals surface area contributed by atoms with Crippen molar-refractivity contribution >= 4 is 51.3 Å². The number of fused-ring (bicyclic) bond motifs is 4. The summed E-state index contributed by atoms with van der Waals surface area (Å²) in [4.78, 5) is 77.3. The first kappa shape index (κ1) is 38.4. The normalized spacial score (nSPS) is 21.0. The Kier molecular flexibility index (Phi) is 10.3. The second-order valence-corrected chi connectivity index (χ2v) is 16.2. The summed E-state index contributed by atoms with van der Waals surface area (Å²) >= 11 is 0. The molecule has 1 N–H and O–H groups in total. The number of pyridine rings is 2. The minimum absolute atomic E-state index is 0.0651. The maximum absolute atomic E-state index is 13.1. The Balaban J connectivity index is 0.675. The van der Waals surface area contributed by atoms with E-state index in [0.29, 0.717) is 49.6 Å². The molecule has 1 unspecified atom stereocenters. The number of hydrogen-bond acceptors (Lipinski definition) is 10. The zero-order valence-corrected chi connectivity index (χ0v) is 33.3. The number of amides is 5. The monoisotopic (exact) mass is 797 g/mol. The largest absolute Gasteiger partial charge is 0.494 e. The topological polar surface area (TPSA) is 156 Å². The number of ether oxygens (including phenoxy) is 2. The molecule has 5 amide bonds. The number of likely N-dealkylation sites (tertiary alicyclic amines) is 1. The Morgan fingerprint density at radius 2 is 1.64 bits per heavy atom. The average Bonchev–Trinajstić information content (AvgIpc) is 3.66. The smallest absolute Gasteiger partial charge is 0.262 e. The molecule has 0 bridgehead atoms. The van der Waals surface area contributed by atoms with Crippen molar-refractivity contribution in [2.75, 3.05) is 26.7 Å². The number of carbonyl (C=O) groups excluding carboxylic acids is 5. The van der Waals surface area contributed by atoms with Gasteiger partial charge in [-0.1, -0.05) is 12.1 Å². The van der Waals surface area contributed by atoms with Gasteiger partial charge in [-0.2, -0.15) is 0 Å². The van der Waals surface area contributed by atoms with Crippen LogP contribution in [0.15, 0.2) is 73.2 Å². The van der Waals surface area contributed by atoms with Gasteiger partial charge in [0.05, 0.1) is 23.3 Å². The van der Waals surface area contributed by atoms with Crippen LogP contribution < -0.4 is 14.8 Å². The minimum atomic E-state index is -1.01. The van der Waals surface area contributed by atoms with E-state index < -0.39 is 29.7 Å². The molecule has 6 heterocycles. The zero-order chi connectivity index (χ0) is 40.8. The van der Waals surface area contributed by atoms with E-state index in [-0.39, 0.29) is 36.0 Å². The van der Waals surface area contributed by atoms with Gasteiger partial charge in [0, 0.05) is 104 Å². The molecule has 14 heteroatoms. The number of imide groups is 2. The van der Waals surface area contributed by atoms with E-state index in [9.17, 15) is 24.0 Å². The van der Waals surface area contributed by atoms with E-state index in [2.05, 4.69) is 63.1 Å². The highest BCUT2D eigenvalue weighted by molar-refractivity contribution is 6.23. The maximum atomic E-state index is 13.1. The molecule has 14 nitrogen and oxygen atoms in total. The molecule has 5 aromatic rings. The second-order valence-electron chi connectivity index (χ2n) is 16.2. The molecule has 3 aromatic heterocycles. The lowest BCUT2D eigenvalue weighted by molar-refractivity contribution is -0.136. The molecule has 9 rings (SSSR count). The van der Waals surface area contributed by atoms with Crippen LogP contribution in [0.1, 0.15) is 78.5 Å². The van der Waals surface area contributed by atoms with Crippen molar-refractivity contribution in [1.82, 2.24) is 34.6 Å². The van der Waals surface area contributed by atoms with E-state index in [1.807, 2.05) is 35.6 Å². The van der Waals surface area contributed by atoms with Gasteiger partial charge in [-0.25, -0.2) is 4.98 Å². The van der Waals surface area contributed by atoms with E-state index in [1.54, 1.807) is 6.07 Å². The van der Waals surface area contributed by atoms with Gasteiger partial charge in [0.2, 0.25) is 23.6 Å². The first-order valence-electron chi connectivity index (χ1n) is 20.6. The fourth-order valence-corrected chi connectivity index (χ4v) is 9.08. The number of piperidine rings is 2. The Bertz CT molecular complexity index is 2470. The fraction of sp³-hybridized carbons (Fsp3) is 0.400. The molecular weight excluding hydrogens is 751 g/mol. The van der Waals surface area contributed by atoms with E-state index in [0.717, 1.165) is 71.2 Å². The van der Waals surface area contributed by atoms with Gasteiger partial charge in [-0.05, 0) is 81.1 Å². The number of unbranched alkanes of at least 4 members (excludes halogenated alkanes) is 1. The zero-order valence-electron chi connectivity index (χ0n) is 33.3. The molecule has 2 saturated heterocycles. The average molecular weight is 798 g/mol. The van der Waals surface area contributed by atoms with Gasteiger partial charge in [-0.3, -0.25) is 39.2 Å². The van der Waals surface area contributed by atoms with Crippen LogP contribution in [0.2, 0.25) is 0 Å². The lowest BCUT2D eigenvalue weighted by Crippen LogP contribution is -2.54. The van der Waals surface area contributed by atoms with Crippen LogP contribution in [0.5, 0.6) is 11.6 Å². The quantitative estimate of drug-likeness (QED) is 0.130. The van der Waals surface area contributed by atoms with Gasteiger partial charge in [0.25, 0.3) is 11.8 Å². The van der Waals surface area contributed by atoms with Crippen LogP contribution in [-0.2, 0) is 21.4 Å². The van der Waals surface area contributed by atoms with Crippen LogP contribution in [0.4, 0.5) is 0 Å². The highest BCUT2D eigenvalue weighted by atomic mass is 16.5. The van der Waals surface area contributed by atoms with Crippen LogP contribution in [0, 0.1) is 0 Å². The van der Waals surface area contributed by atoms with Crippen LogP contribution in [-0.4, -0.2) is 110 Å².